The molecule has 0 saturated carbocycles. The minimum Gasteiger partial charge on any atom is -0.320 e. The van der Waals surface area contributed by atoms with Crippen molar-refractivity contribution in [3.05, 3.63) is 94.9 Å². The zero-order valence-electron chi connectivity index (χ0n) is 18.7. The van der Waals surface area contributed by atoms with Gasteiger partial charge in [-0.25, -0.2) is 13.4 Å². The molecule has 7 nitrogen and oxygen atoms in total. The molecular formula is C25H25N5O2S2. The van der Waals surface area contributed by atoms with E-state index in [9.17, 15) is 8.42 Å². The summed E-state index contributed by atoms with van der Waals surface area (Å²) in [7, 11) is -1.77. The molecule has 1 atom stereocenters. The predicted octanol–water partition coefficient (Wildman–Crippen LogP) is 3.72. The van der Waals surface area contributed by atoms with Crippen LogP contribution in [0.15, 0.2) is 94.3 Å². The molecule has 34 heavy (non-hydrogen) atoms. The number of sulfonamides is 1. The van der Waals surface area contributed by atoms with Crippen molar-refractivity contribution in [3.63, 3.8) is 0 Å². The summed E-state index contributed by atoms with van der Waals surface area (Å²) >= 11 is 1.52. The first-order valence-corrected chi connectivity index (χ1v) is 13.3. The standard InChI is InChI=1S/C25H25N5O2S2/c1-29-24(18-33-25(29)28-20-9-3-2-4-10-20)19-8-7-11-21(16-19)34(31,32)30-15-14-26-17-23(30)22-12-5-6-13-27-22/h2-13,16,18,23,26H,14-15,17H2,1H3. The van der Waals surface area contributed by atoms with Crippen molar-refractivity contribution < 1.29 is 8.42 Å². The van der Waals surface area contributed by atoms with Crippen LogP contribution in [0.2, 0.25) is 0 Å². The van der Waals surface area contributed by atoms with Crippen molar-refractivity contribution in [2.45, 2.75) is 10.9 Å². The van der Waals surface area contributed by atoms with Crippen LogP contribution in [-0.2, 0) is 17.1 Å². The molecule has 9 heteroatoms. The average Bonchev–Trinajstić information content (AvgIpc) is 3.25. The fraction of sp³-hybridized carbons (Fsp3) is 0.200. The third kappa shape index (κ3) is 4.47. The lowest BCUT2D eigenvalue weighted by atomic mass is 10.1. The maximum absolute atomic E-state index is 13.7. The Hall–Kier alpha value is -3.11. The van der Waals surface area contributed by atoms with Gasteiger partial charge in [-0.1, -0.05) is 36.4 Å². The third-order valence-corrected chi connectivity index (χ3v) is 8.69. The maximum atomic E-state index is 13.7. The van der Waals surface area contributed by atoms with Crippen LogP contribution in [0.4, 0.5) is 5.69 Å². The second kappa shape index (κ2) is 9.63. The summed E-state index contributed by atoms with van der Waals surface area (Å²) in [5.41, 5.74) is 3.37. The highest BCUT2D eigenvalue weighted by atomic mass is 32.2. The van der Waals surface area contributed by atoms with Crippen molar-refractivity contribution in [2.75, 3.05) is 19.6 Å². The lowest BCUT2D eigenvalue weighted by Gasteiger charge is -2.34. The van der Waals surface area contributed by atoms with E-state index in [2.05, 4.69) is 10.3 Å². The molecule has 0 aliphatic carbocycles. The molecule has 5 rings (SSSR count). The molecule has 0 amide bonds. The van der Waals surface area contributed by atoms with Gasteiger partial charge in [-0.05, 0) is 36.4 Å². The average molecular weight is 492 g/mol. The zero-order valence-corrected chi connectivity index (χ0v) is 20.3. The number of hydrogen-bond acceptors (Lipinski definition) is 6. The number of aromatic nitrogens is 2. The van der Waals surface area contributed by atoms with E-state index in [-0.39, 0.29) is 10.9 Å². The molecule has 0 spiro atoms. The molecule has 1 fully saturated rings. The van der Waals surface area contributed by atoms with Gasteiger partial charge in [-0.15, -0.1) is 11.3 Å². The smallest absolute Gasteiger partial charge is 0.243 e. The number of piperazine rings is 1. The van der Waals surface area contributed by atoms with Gasteiger partial charge in [0.05, 0.1) is 28.0 Å². The summed E-state index contributed by atoms with van der Waals surface area (Å²) in [4.78, 5) is 10.2. The first kappa shape index (κ1) is 22.7. The second-order valence-corrected chi connectivity index (χ2v) is 10.8. The van der Waals surface area contributed by atoms with Gasteiger partial charge >= 0.3 is 0 Å². The van der Waals surface area contributed by atoms with E-state index in [0.29, 0.717) is 19.6 Å². The van der Waals surface area contributed by atoms with Crippen LogP contribution in [0.5, 0.6) is 0 Å². The Labute approximate surface area is 203 Å². The fourth-order valence-electron chi connectivity index (χ4n) is 4.10. The first-order chi connectivity index (χ1) is 16.5. The maximum Gasteiger partial charge on any atom is 0.243 e. The van der Waals surface area contributed by atoms with Gasteiger partial charge in [0.1, 0.15) is 0 Å². The Morgan fingerprint density at radius 2 is 1.88 bits per heavy atom. The monoisotopic (exact) mass is 491 g/mol. The van der Waals surface area contributed by atoms with Crippen molar-refractivity contribution in [1.29, 1.82) is 0 Å². The number of nitrogens with zero attached hydrogens (tertiary/aromatic N) is 4. The van der Waals surface area contributed by atoms with Crippen LogP contribution in [-0.4, -0.2) is 41.9 Å². The number of rotatable bonds is 5. The Balaban J connectivity index is 1.50. The lowest BCUT2D eigenvalue weighted by molar-refractivity contribution is 0.267. The Morgan fingerprint density at radius 1 is 1.06 bits per heavy atom. The Bertz CT molecular complexity index is 1450. The molecule has 2 aromatic heterocycles. The van der Waals surface area contributed by atoms with Crippen molar-refractivity contribution in [1.82, 2.24) is 19.2 Å². The van der Waals surface area contributed by atoms with E-state index >= 15 is 0 Å². The quantitative estimate of drug-likeness (QED) is 0.462. The predicted molar refractivity (Wildman–Crippen MR) is 134 cm³/mol. The van der Waals surface area contributed by atoms with Gasteiger partial charge in [0.2, 0.25) is 10.0 Å². The number of thiazole rings is 1. The Morgan fingerprint density at radius 3 is 2.68 bits per heavy atom. The Kier molecular flexibility index (Phi) is 6.42. The summed E-state index contributed by atoms with van der Waals surface area (Å²) < 4.78 is 31.0. The zero-order chi connectivity index (χ0) is 23.5. The van der Waals surface area contributed by atoms with E-state index in [1.165, 1.54) is 11.3 Å². The first-order valence-electron chi connectivity index (χ1n) is 11.0. The highest BCUT2D eigenvalue weighted by Gasteiger charge is 2.35. The topological polar surface area (TPSA) is 79.6 Å². The van der Waals surface area contributed by atoms with Crippen LogP contribution in [0.1, 0.15) is 11.7 Å². The van der Waals surface area contributed by atoms with Crippen LogP contribution in [0.25, 0.3) is 11.3 Å². The van der Waals surface area contributed by atoms with Gasteiger partial charge < -0.3 is 9.88 Å². The highest BCUT2D eigenvalue weighted by Crippen LogP contribution is 2.30. The molecule has 0 bridgehead atoms. The number of benzene rings is 2. The number of pyridine rings is 1. The largest absolute Gasteiger partial charge is 0.320 e. The highest BCUT2D eigenvalue weighted by molar-refractivity contribution is 7.89. The molecule has 3 heterocycles. The SMILES string of the molecule is Cn1c(-c2cccc(S(=O)(=O)N3CCNCC3c3ccccn3)c2)csc1=Nc1ccccc1. The summed E-state index contributed by atoms with van der Waals surface area (Å²) in [6, 6.07) is 22.2. The lowest BCUT2D eigenvalue weighted by Crippen LogP contribution is -2.48. The van der Waals surface area contributed by atoms with Gasteiger partial charge in [0, 0.05) is 43.8 Å². The minimum absolute atomic E-state index is 0.278. The molecule has 174 valence electrons. The van der Waals surface area contributed by atoms with E-state index < -0.39 is 10.0 Å². The fourth-order valence-corrected chi connectivity index (χ4v) is 6.67. The number of para-hydroxylation sites is 1. The van der Waals surface area contributed by atoms with Gasteiger partial charge in [-0.3, -0.25) is 4.98 Å². The molecular weight excluding hydrogens is 466 g/mol. The van der Waals surface area contributed by atoms with Crippen LogP contribution in [0.3, 0.4) is 0 Å². The molecule has 1 aliphatic heterocycles. The second-order valence-electron chi connectivity index (χ2n) is 8.03. The van der Waals surface area contributed by atoms with E-state index in [0.717, 1.165) is 27.4 Å². The summed E-state index contributed by atoms with van der Waals surface area (Å²) in [5, 5.41) is 5.30. The normalized spacial score (nSPS) is 17.7. The molecule has 1 aliphatic rings. The van der Waals surface area contributed by atoms with Gasteiger partial charge in [0.25, 0.3) is 0 Å². The third-order valence-electron chi connectivity index (χ3n) is 5.87. The van der Waals surface area contributed by atoms with E-state index in [1.54, 1.807) is 28.7 Å². The van der Waals surface area contributed by atoms with E-state index in [4.69, 9.17) is 4.99 Å². The number of nitrogens with one attached hydrogen (secondary N) is 1. The van der Waals surface area contributed by atoms with Crippen LogP contribution in [0, 0.1) is 0 Å². The van der Waals surface area contributed by atoms with Crippen molar-refractivity contribution in [3.8, 4) is 11.3 Å². The van der Waals surface area contributed by atoms with Crippen molar-refractivity contribution in [2.24, 2.45) is 12.0 Å². The molecule has 4 aromatic rings. The summed E-state index contributed by atoms with van der Waals surface area (Å²) in [6.45, 7) is 1.52. The summed E-state index contributed by atoms with van der Waals surface area (Å²) in [5.74, 6) is 0. The van der Waals surface area contributed by atoms with Crippen LogP contribution >= 0.6 is 11.3 Å². The summed E-state index contributed by atoms with van der Waals surface area (Å²) in [6.07, 6.45) is 1.70. The van der Waals surface area contributed by atoms with Gasteiger partial charge in [-0.2, -0.15) is 4.31 Å². The molecule has 1 unspecified atom stereocenters. The molecule has 0 radical (unpaired) electrons. The molecule has 2 aromatic carbocycles. The molecule has 1 N–H and O–H groups in total. The van der Waals surface area contributed by atoms with E-state index in [1.807, 2.05) is 71.6 Å². The van der Waals surface area contributed by atoms with Crippen LogP contribution < -0.4 is 10.1 Å². The number of hydrogen-bond donors (Lipinski definition) is 1. The van der Waals surface area contributed by atoms with Gasteiger partial charge in [0.15, 0.2) is 4.80 Å². The molecule has 1 saturated heterocycles. The minimum atomic E-state index is -3.72. The van der Waals surface area contributed by atoms with Crippen molar-refractivity contribution >= 4 is 27.0 Å².